The van der Waals surface area contributed by atoms with Crippen LogP contribution in [0.5, 0.6) is 5.88 Å². The van der Waals surface area contributed by atoms with Gasteiger partial charge in [-0.25, -0.2) is 4.98 Å². The number of rotatable bonds is 2. The van der Waals surface area contributed by atoms with Gasteiger partial charge in [0.25, 0.3) is 0 Å². The van der Waals surface area contributed by atoms with Gasteiger partial charge in [0, 0.05) is 16.1 Å². The number of nitrogens with zero attached hydrogens (tertiary/aromatic N) is 1. The molecule has 0 saturated heterocycles. The predicted octanol–water partition coefficient (Wildman–Crippen LogP) is 3.83. The molecule has 0 unspecified atom stereocenters. The van der Waals surface area contributed by atoms with Crippen LogP contribution in [0, 0.1) is 6.92 Å². The first-order chi connectivity index (χ1) is 7.70. The molecule has 0 radical (unpaired) electrons. The van der Waals surface area contributed by atoms with Crippen LogP contribution in [0.1, 0.15) is 5.56 Å². The van der Waals surface area contributed by atoms with E-state index in [2.05, 4.69) is 52.1 Å². The highest BCUT2D eigenvalue weighted by molar-refractivity contribution is 9.10. The number of hydrogen-bond donors (Lipinski definition) is 0. The van der Waals surface area contributed by atoms with E-state index in [1.165, 1.54) is 5.56 Å². The van der Waals surface area contributed by atoms with Crippen molar-refractivity contribution in [1.29, 1.82) is 0 Å². The van der Waals surface area contributed by atoms with Gasteiger partial charge < -0.3 is 4.74 Å². The Morgan fingerprint density at radius 1 is 1.06 bits per heavy atom. The van der Waals surface area contributed by atoms with E-state index in [9.17, 15) is 0 Å². The van der Waals surface area contributed by atoms with Gasteiger partial charge in [0.15, 0.2) is 0 Å². The quantitative estimate of drug-likeness (QED) is 0.833. The average molecular weight is 278 g/mol. The summed E-state index contributed by atoms with van der Waals surface area (Å²) >= 11 is 3.50. The lowest BCUT2D eigenvalue weighted by atomic mass is 10.1. The van der Waals surface area contributed by atoms with Gasteiger partial charge >= 0.3 is 0 Å². The summed E-state index contributed by atoms with van der Waals surface area (Å²) in [5.74, 6) is 0.624. The zero-order valence-electron chi connectivity index (χ0n) is 9.20. The largest absolute Gasteiger partial charge is 0.481 e. The van der Waals surface area contributed by atoms with E-state index in [4.69, 9.17) is 4.74 Å². The molecule has 0 aliphatic heterocycles. The minimum atomic E-state index is 0.624. The van der Waals surface area contributed by atoms with E-state index >= 15 is 0 Å². The average Bonchev–Trinajstić information content (AvgIpc) is 2.31. The van der Waals surface area contributed by atoms with Crippen molar-refractivity contribution >= 4 is 15.9 Å². The van der Waals surface area contributed by atoms with Gasteiger partial charge in [0.2, 0.25) is 5.88 Å². The Morgan fingerprint density at radius 2 is 1.75 bits per heavy atom. The Morgan fingerprint density at radius 3 is 2.38 bits per heavy atom. The van der Waals surface area contributed by atoms with Crippen LogP contribution in [-0.2, 0) is 0 Å². The van der Waals surface area contributed by atoms with Crippen molar-refractivity contribution in [2.24, 2.45) is 0 Å². The molecular weight excluding hydrogens is 266 g/mol. The van der Waals surface area contributed by atoms with Crippen LogP contribution < -0.4 is 4.74 Å². The summed E-state index contributed by atoms with van der Waals surface area (Å²) in [6.45, 7) is 2.07. The van der Waals surface area contributed by atoms with E-state index in [1.807, 2.05) is 12.1 Å². The summed E-state index contributed by atoms with van der Waals surface area (Å²) in [5.41, 5.74) is 3.22. The Kier molecular flexibility index (Phi) is 3.25. The maximum atomic E-state index is 5.12. The molecule has 0 amide bonds. The molecule has 1 aromatic carbocycles. The van der Waals surface area contributed by atoms with Crippen molar-refractivity contribution in [3.8, 4) is 17.1 Å². The molecule has 3 heteroatoms. The van der Waals surface area contributed by atoms with Crippen LogP contribution >= 0.6 is 15.9 Å². The normalized spacial score (nSPS) is 10.2. The lowest BCUT2D eigenvalue weighted by Gasteiger charge is -2.06. The van der Waals surface area contributed by atoms with Crippen LogP contribution in [0.4, 0.5) is 0 Å². The maximum absolute atomic E-state index is 5.12. The fourth-order valence-electron chi connectivity index (χ4n) is 1.45. The first-order valence-corrected chi connectivity index (χ1v) is 5.77. The number of aromatic nitrogens is 1. The SMILES string of the molecule is COc1ccc(Br)c(-c2ccc(C)cc2)n1. The Labute approximate surface area is 103 Å². The molecule has 1 heterocycles. The highest BCUT2D eigenvalue weighted by atomic mass is 79.9. The zero-order valence-corrected chi connectivity index (χ0v) is 10.8. The molecule has 0 spiro atoms. The topological polar surface area (TPSA) is 22.1 Å². The van der Waals surface area contributed by atoms with Crippen LogP contribution in [0.25, 0.3) is 11.3 Å². The van der Waals surface area contributed by atoms with Gasteiger partial charge in [-0.2, -0.15) is 0 Å². The minimum Gasteiger partial charge on any atom is -0.481 e. The van der Waals surface area contributed by atoms with Gasteiger partial charge in [-0.05, 0) is 28.9 Å². The third-order valence-corrected chi connectivity index (χ3v) is 2.99. The molecule has 0 saturated carbocycles. The van der Waals surface area contributed by atoms with Crippen LogP contribution in [0.3, 0.4) is 0 Å². The van der Waals surface area contributed by atoms with Crippen LogP contribution in [0.15, 0.2) is 40.9 Å². The second-order valence-electron chi connectivity index (χ2n) is 3.55. The minimum absolute atomic E-state index is 0.624. The third-order valence-electron chi connectivity index (χ3n) is 2.35. The van der Waals surface area contributed by atoms with Gasteiger partial charge in [0.05, 0.1) is 12.8 Å². The number of benzene rings is 1. The molecule has 0 fully saturated rings. The molecule has 2 aromatic rings. The monoisotopic (exact) mass is 277 g/mol. The number of hydrogen-bond acceptors (Lipinski definition) is 2. The smallest absolute Gasteiger partial charge is 0.213 e. The summed E-state index contributed by atoms with van der Waals surface area (Å²) in [7, 11) is 1.62. The number of halogens is 1. The molecule has 2 rings (SSSR count). The molecule has 0 aliphatic carbocycles. The first kappa shape index (κ1) is 11.1. The second-order valence-corrected chi connectivity index (χ2v) is 4.40. The second kappa shape index (κ2) is 4.66. The number of methoxy groups -OCH3 is 1. The molecule has 1 aromatic heterocycles. The standard InChI is InChI=1S/C13H12BrNO/c1-9-3-5-10(6-4-9)13-11(14)7-8-12(15-13)16-2/h3-8H,1-2H3. The highest BCUT2D eigenvalue weighted by Gasteiger charge is 2.06. The first-order valence-electron chi connectivity index (χ1n) is 4.98. The number of aryl methyl sites for hydroxylation is 1. The molecule has 2 nitrogen and oxygen atoms in total. The summed E-state index contributed by atoms with van der Waals surface area (Å²) in [5, 5.41) is 0. The maximum Gasteiger partial charge on any atom is 0.213 e. The summed E-state index contributed by atoms with van der Waals surface area (Å²) in [4.78, 5) is 4.42. The summed E-state index contributed by atoms with van der Waals surface area (Å²) < 4.78 is 6.09. The number of ether oxygens (including phenoxy) is 1. The Bertz CT molecular complexity index is 494. The fraction of sp³-hybridized carbons (Fsp3) is 0.154. The molecule has 82 valence electrons. The van der Waals surface area contributed by atoms with Crippen molar-refractivity contribution < 1.29 is 4.74 Å². The van der Waals surface area contributed by atoms with E-state index in [-0.39, 0.29) is 0 Å². The van der Waals surface area contributed by atoms with Crippen molar-refractivity contribution in [2.75, 3.05) is 7.11 Å². The van der Waals surface area contributed by atoms with Crippen molar-refractivity contribution in [3.63, 3.8) is 0 Å². The van der Waals surface area contributed by atoms with Crippen LogP contribution in [-0.4, -0.2) is 12.1 Å². The number of pyridine rings is 1. The molecule has 0 N–H and O–H groups in total. The predicted molar refractivity (Wildman–Crippen MR) is 68.7 cm³/mol. The Balaban J connectivity index is 2.50. The zero-order chi connectivity index (χ0) is 11.5. The van der Waals surface area contributed by atoms with Gasteiger partial charge in [-0.15, -0.1) is 0 Å². The van der Waals surface area contributed by atoms with Crippen molar-refractivity contribution in [1.82, 2.24) is 4.98 Å². The summed E-state index contributed by atoms with van der Waals surface area (Å²) in [6.07, 6.45) is 0. The van der Waals surface area contributed by atoms with Crippen LogP contribution in [0.2, 0.25) is 0 Å². The summed E-state index contributed by atoms with van der Waals surface area (Å²) in [6, 6.07) is 12.0. The molecular formula is C13H12BrNO. The van der Waals surface area contributed by atoms with E-state index in [0.29, 0.717) is 5.88 Å². The Hall–Kier alpha value is -1.35. The third kappa shape index (κ3) is 2.25. The van der Waals surface area contributed by atoms with E-state index < -0.39 is 0 Å². The van der Waals surface area contributed by atoms with Crippen molar-refractivity contribution in [2.45, 2.75) is 6.92 Å². The van der Waals surface area contributed by atoms with Gasteiger partial charge in [0.1, 0.15) is 0 Å². The highest BCUT2D eigenvalue weighted by Crippen LogP contribution is 2.28. The van der Waals surface area contributed by atoms with Crippen molar-refractivity contribution in [3.05, 3.63) is 46.4 Å². The lowest BCUT2D eigenvalue weighted by Crippen LogP contribution is -1.91. The molecule has 16 heavy (non-hydrogen) atoms. The molecule has 0 aliphatic rings. The van der Waals surface area contributed by atoms with Gasteiger partial charge in [-0.3, -0.25) is 0 Å². The van der Waals surface area contributed by atoms with Gasteiger partial charge in [-0.1, -0.05) is 29.8 Å². The fourth-order valence-corrected chi connectivity index (χ4v) is 1.90. The van der Waals surface area contributed by atoms with E-state index in [1.54, 1.807) is 7.11 Å². The lowest BCUT2D eigenvalue weighted by molar-refractivity contribution is 0.398. The molecule has 0 atom stereocenters. The van der Waals surface area contributed by atoms with E-state index in [0.717, 1.165) is 15.7 Å². The molecule has 0 bridgehead atoms.